The molecule has 3 rings (SSSR count). The summed E-state index contributed by atoms with van der Waals surface area (Å²) in [5, 5.41) is 2.96. The molecule has 4 heteroatoms. The van der Waals surface area contributed by atoms with Crippen LogP contribution in [0.1, 0.15) is 66.8 Å². The van der Waals surface area contributed by atoms with E-state index in [2.05, 4.69) is 17.4 Å². The van der Waals surface area contributed by atoms with Gasteiger partial charge in [0.15, 0.2) is 0 Å². The maximum Gasteiger partial charge on any atom is 0.251 e. The topological polar surface area (TPSA) is 55.1 Å². The number of rotatable bonds is 5. The number of carbonyl (C=O) groups is 1. The van der Waals surface area contributed by atoms with Crippen molar-refractivity contribution in [2.75, 3.05) is 6.54 Å². The van der Waals surface area contributed by atoms with Gasteiger partial charge in [0.25, 0.3) is 5.91 Å². The Morgan fingerprint density at radius 2 is 1.73 bits per heavy atom. The van der Waals surface area contributed by atoms with Crippen LogP contribution in [0.3, 0.4) is 0 Å². The van der Waals surface area contributed by atoms with Gasteiger partial charge in [-0.25, -0.2) is 0 Å². The number of hydrogen-bond acceptors (Lipinski definition) is 2. The first-order valence-electron chi connectivity index (χ1n) is 8.38. The van der Waals surface area contributed by atoms with E-state index in [1.54, 1.807) is 0 Å². The first kappa shape index (κ1) is 17.3. The van der Waals surface area contributed by atoms with E-state index in [0.29, 0.717) is 18.4 Å². The fraction of sp³-hybridized carbons (Fsp3) is 0.611. The van der Waals surface area contributed by atoms with Crippen molar-refractivity contribution < 1.29 is 4.79 Å². The Bertz CT molecular complexity index is 478. The molecule has 0 radical (unpaired) electrons. The van der Waals surface area contributed by atoms with E-state index in [4.69, 9.17) is 5.73 Å². The number of benzene rings is 1. The summed E-state index contributed by atoms with van der Waals surface area (Å²) in [5.41, 5.74) is 8.15. The lowest BCUT2D eigenvalue weighted by molar-refractivity contribution is 0.0950. The van der Waals surface area contributed by atoms with Gasteiger partial charge in [0.05, 0.1) is 0 Å². The second-order valence-electron chi connectivity index (χ2n) is 6.67. The zero-order valence-corrected chi connectivity index (χ0v) is 13.9. The molecule has 1 aromatic rings. The number of nitrogens with two attached hydrogens (primary N) is 1. The molecule has 1 amide bonds. The van der Waals surface area contributed by atoms with Crippen molar-refractivity contribution >= 4 is 18.3 Å². The molecule has 3 N–H and O–H groups in total. The first-order valence-corrected chi connectivity index (χ1v) is 8.38. The summed E-state index contributed by atoms with van der Waals surface area (Å²) < 4.78 is 0. The largest absolute Gasteiger partial charge is 0.350 e. The SMILES string of the molecule is Cl.NC(CNC(=O)c1ccc(C2CCCCC2)cc1)C1CC1. The first-order chi connectivity index (χ1) is 10.2. The molecule has 0 saturated heterocycles. The van der Waals surface area contributed by atoms with Crippen LogP contribution in [0, 0.1) is 5.92 Å². The third-order valence-electron chi connectivity index (χ3n) is 4.98. The van der Waals surface area contributed by atoms with Crippen molar-refractivity contribution in [3.63, 3.8) is 0 Å². The molecule has 1 atom stereocenters. The molecule has 0 heterocycles. The van der Waals surface area contributed by atoms with Gasteiger partial charge in [-0.2, -0.15) is 0 Å². The Balaban J connectivity index is 0.00000176. The Kier molecular flexibility index (Phi) is 6.27. The normalized spacial score (nSPS) is 20.0. The zero-order valence-electron chi connectivity index (χ0n) is 13.1. The van der Waals surface area contributed by atoms with Crippen molar-refractivity contribution in [1.29, 1.82) is 0 Å². The van der Waals surface area contributed by atoms with Crippen LogP contribution in [-0.2, 0) is 0 Å². The highest BCUT2D eigenvalue weighted by Gasteiger charge is 2.28. The van der Waals surface area contributed by atoms with Gasteiger partial charge in [-0.15, -0.1) is 12.4 Å². The molecule has 1 aromatic carbocycles. The molecule has 2 saturated carbocycles. The van der Waals surface area contributed by atoms with E-state index in [9.17, 15) is 4.79 Å². The highest BCUT2D eigenvalue weighted by Crippen LogP contribution is 2.32. The molecule has 3 nitrogen and oxygen atoms in total. The molecule has 0 bridgehead atoms. The average molecular weight is 323 g/mol. The fourth-order valence-electron chi connectivity index (χ4n) is 3.35. The highest BCUT2D eigenvalue weighted by molar-refractivity contribution is 5.94. The minimum atomic E-state index is 0. The summed E-state index contributed by atoms with van der Waals surface area (Å²) in [6.07, 6.45) is 9.07. The summed E-state index contributed by atoms with van der Waals surface area (Å²) in [5.74, 6) is 1.32. The van der Waals surface area contributed by atoms with E-state index in [-0.39, 0.29) is 24.4 Å². The van der Waals surface area contributed by atoms with Crippen LogP contribution in [0.15, 0.2) is 24.3 Å². The summed E-state index contributed by atoms with van der Waals surface area (Å²) in [6, 6.07) is 8.30. The molecule has 2 fully saturated rings. The van der Waals surface area contributed by atoms with Gasteiger partial charge in [0.1, 0.15) is 0 Å². The van der Waals surface area contributed by atoms with Gasteiger partial charge >= 0.3 is 0 Å². The van der Waals surface area contributed by atoms with Crippen molar-refractivity contribution in [3.05, 3.63) is 35.4 Å². The Morgan fingerprint density at radius 3 is 2.32 bits per heavy atom. The molecular weight excluding hydrogens is 296 g/mol. The van der Waals surface area contributed by atoms with Gasteiger partial charge in [0.2, 0.25) is 0 Å². The van der Waals surface area contributed by atoms with Gasteiger partial charge in [-0.1, -0.05) is 31.4 Å². The molecule has 2 aliphatic rings. The molecule has 22 heavy (non-hydrogen) atoms. The summed E-state index contributed by atoms with van der Waals surface area (Å²) >= 11 is 0. The molecule has 2 aliphatic carbocycles. The maximum atomic E-state index is 12.1. The summed E-state index contributed by atoms with van der Waals surface area (Å²) in [6.45, 7) is 0.591. The Morgan fingerprint density at radius 1 is 1.09 bits per heavy atom. The van der Waals surface area contributed by atoms with Crippen molar-refractivity contribution in [3.8, 4) is 0 Å². The lowest BCUT2D eigenvalue weighted by Crippen LogP contribution is -2.38. The minimum Gasteiger partial charge on any atom is -0.350 e. The zero-order chi connectivity index (χ0) is 14.7. The van der Waals surface area contributed by atoms with Crippen molar-refractivity contribution in [2.24, 2.45) is 11.7 Å². The van der Waals surface area contributed by atoms with E-state index in [1.807, 2.05) is 12.1 Å². The lowest BCUT2D eigenvalue weighted by atomic mass is 9.84. The fourth-order valence-corrected chi connectivity index (χ4v) is 3.35. The second kappa shape index (κ2) is 7.98. The molecular formula is C18H27ClN2O. The lowest BCUT2D eigenvalue weighted by Gasteiger charge is -2.22. The van der Waals surface area contributed by atoms with E-state index in [0.717, 1.165) is 5.56 Å². The number of nitrogens with one attached hydrogen (secondary N) is 1. The predicted molar refractivity (Wildman–Crippen MR) is 92.5 cm³/mol. The minimum absolute atomic E-state index is 0. The van der Waals surface area contributed by atoms with Crippen LogP contribution in [0.2, 0.25) is 0 Å². The number of carbonyl (C=O) groups excluding carboxylic acids is 1. The Labute approximate surface area is 139 Å². The van der Waals surface area contributed by atoms with Crippen molar-refractivity contribution in [1.82, 2.24) is 5.32 Å². The third-order valence-corrected chi connectivity index (χ3v) is 4.98. The number of amides is 1. The third kappa shape index (κ3) is 4.47. The monoisotopic (exact) mass is 322 g/mol. The number of halogens is 1. The smallest absolute Gasteiger partial charge is 0.251 e. The summed E-state index contributed by atoms with van der Waals surface area (Å²) in [7, 11) is 0. The van der Waals surface area contributed by atoms with Crippen LogP contribution in [0.5, 0.6) is 0 Å². The van der Waals surface area contributed by atoms with Crippen LogP contribution in [-0.4, -0.2) is 18.5 Å². The van der Waals surface area contributed by atoms with E-state index >= 15 is 0 Å². The quantitative estimate of drug-likeness (QED) is 0.869. The van der Waals surface area contributed by atoms with Gasteiger partial charge in [-0.3, -0.25) is 4.79 Å². The van der Waals surface area contributed by atoms with Crippen molar-refractivity contribution in [2.45, 2.75) is 56.9 Å². The highest BCUT2D eigenvalue weighted by atomic mass is 35.5. The molecule has 1 unspecified atom stereocenters. The van der Waals surface area contributed by atoms with Crippen LogP contribution in [0.25, 0.3) is 0 Å². The molecule has 0 spiro atoms. The molecule has 0 aromatic heterocycles. The van der Waals surface area contributed by atoms with Crippen LogP contribution in [0.4, 0.5) is 0 Å². The Hall–Kier alpha value is -1.06. The standard InChI is InChI=1S/C18H26N2O.ClH/c19-17(15-8-9-15)12-20-18(21)16-10-6-14(7-11-16)13-4-2-1-3-5-13;/h6-7,10-11,13,15,17H,1-5,8-9,12,19H2,(H,20,21);1H. The van der Waals surface area contributed by atoms with Gasteiger partial charge < -0.3 is 11.1 Å². The predicted octanol–water partition coefficient (Wildman–Crippen LogP) is 3.62. The van der Waals surface area contributed by atoms with E-state index < -0.39 is 0 Å². The molecule has 122 valence electrons. The van der Waals surface area contributed by atoms with Crippen LogP contribution < -0.4 is 11.1 Å². The maximum absolute atomic E-state index is 12.1. The molecule has 0 aliphatic heterocycles. The second-order valence-corrected chi connectivity index (χ2v) is 6.67. The van der Waals surface area contributed by atoms with E-state index in [1.165, 1.54) is 50.5 Å². The van der Waals surface area contributed by atoms with Gasteiger partial charge in [-0.05, 0) is 55.2 Å². The van der Waals surface area contributed by atoms with Crippen LogP contribution >= 0.6 is 12.4 Å². The summed E-state index contributed by atoms with van der Waals surface area (Å²) in [4.78, 5) is 12.1. The van der Waals surface area contributed by atoms with Gasteiger partial charge in [0, 0.05) is 18.2 Å². The average Bonchev–Trinajstić information content (AvgIpc) is 3.38. The number of hydrogen-bond donors (Lipinski definition) is 2.